The number of carboxylic acids is 3. The highest BCUT2D eigenvalue weighted by Gasteiger charge is 2.45. The van der Waals surface area contributed by atoms with Gasteiger partial charge in [-0.25, -0.2) is 59.5 Å². The number of carbonyl (C=O) groups is 9. The molecular weight excluding hydrogens is 1150 g/mol. The lowest BCUT2D eigenvalue weighted by atomic mass is 10.0. The van der Waals surface area contributed by atoms with Crippen LogP contribution in [0.2, 0.25) is 0 Å². The van der Waals surface area contributed by atoms with Crippen molar-refractivity contribution in [3.63, 3.8) is 0 Å². The van der Waals surface area contributed by atoms with Crippen molar-refractivity contribution in [2.75, 3.05) is 60.8 Å². The Hall–Kier alpha value is -6.55. The maximum Gasteiger partial charge on any atom is 0.411 e. The van der Waals surface area contributed by atoms with Gasteiger partial charge in [0.2, 0.25) is 0 Å². The van der Waals surface area contributed by atoms with Crippen molar-refractivity contribution in [2.45, 2.75) is 214 Å². The third-order valence-electron chi connectivity index (χ3n) is 8.69. The van der Waals surface area contributed by atoms with Crippen LogP contribution in [-0.4, -0.2) is 196 Å². The molecule has 0 aromatic rings. The summed E-state index contributed by atoms with van der Waals surface area (Å²) in [6.07, 6.45) is -2.59. The van der Waals surface area contributed by atoms with E-state index in [2.05, 4.69) is 23.8 Å². The fraction of sp³-hybridized carbons (Fsp3) is 0.778. The lowest BCUT2D eigenvalue weighted by molar-refractivity contribution is -0.169. The zero-order valence-corrected chi connectivity index (χ0v) is 54.1. The smallest absolute Gasteiger partial charge is 0.411 e. The van der Waals surface area contributed by atoms with Gasteiger partial charge < -0.3 is 66.4 Å². The molecule has 0 spiro atoms. The van der Waals surface area contributed by atoms with Crippen molar-refractivity contribution in [3.8, 4) is 6.07 Å². The maximum atomic E-state index is 13.4. The van der Waals surface area contributed by atoms with Crippen LogP contribution in [0, 0.1) is 11.3 Å². The topological polar surface area (TPSA) is 376 Å². The summed E-state index contributed by atoms with van der Waals surface area (Å²) in [5.41, 5.74) is -3.67. The fourth-order valence-electron chi connectivity index (χ4n) is 3.25. The Morgan fingerprint density at radius 2 is 0.776 bits per heavy atom. The second-order valence-corrected chi connectivity index (χ2v) is 24.3. The van der Waals surface area contributed by atoms with Gasteiger partial charge in [-0.05, 0) is 159 Å². The lowest BCUT2D eigenvalue weighted by Gasteiger charge is -2.37. The van der Waals surface area contributed by atoms with E-state index in [0.717, 1.165) is 18.7 Å². The number of amides is 3. The molecule has 0 aromatic carbocycles. The number of nitrogens with zero attached hydrogens (tertiary/aromatic N) is 2. The molecule has 0 aliphatic carbocycles. The quantitative estimate of drug-likeness (QED) is 0.0312. The number of hydrogen-bond donors (Lipinski definition) is 8. The molecule has 0 saturated carbocycles. The summed E-state index contributed by atoms with van der Waals surface area (Å²) in [7, 11) is 2.73. The number of carboxylic acid groups (broad SMARTS) is 3. The standard InChI is InChI=1S/C14H26FNO4.C13H24FNO4.C9H16FNO4.C5H10FNO2.C4H7FN2.C4H8FNO2.C3H5FO.C2H4/c1-12(2,3)19-10(17)14(7,9-15)16(8)11(18)20-13(4,5)6;1-11(2,3)18-9(16)13(7,8-14)15-10(17)19-12(4,5)6;1-8(2,3)15-7(14)11-9(4,5-10)6(12)13;1-5(3-6,7-2)4(8)9;1-4(7,2-5)3-6;1-4(6,2-5)3(7)8;1-3(5)2-4;1-2/h9H2,1-8H3;8H2,1-7H3,(H,15,17);5H2,1-4H3,(H,11,14)(H,12,13);7H,3H2,1-2H3,(H,8,9);2,7H2,1H3;2,6H2,1H3,(H,7,8);2H2,1H3;1-2H2. The highest BCUT2D eigenvalue weighted by atomic mass is 19.1. The zero-order chi connectivity index (χ0) is 70.6. The molecule has 10 N–H and O–H groups in total. The number of alkyl carbamates (subject to hydrolysis) is 2. The number of alkyl halides is 7. The molecule has 31 heteroatoms. The molecule has 0 rings (SSSR count). The number of ether oxygens (including phenoxy) is 5. The van der Waals surface area contributed by atoms with Crippen LogP contribution in [0.3, 0.4) is 0 Å². The Bertz CT molecular complexity index is 2100. The van der Waals surface area contributed by atoms with Crippen LogP contribution in [0.1, 0.15) is 152 Å². The van der Waals surface area contributed by atoms with Gasteiger partial charge in [-0.1, -0.05) is 0 Å². The number of Topliss-reactive ketones (excluding diaryl/α,β-unsaturated/α-hetero) is 1. The molecule has 0 saturated heterocycles. The third kappa shape index (κ3) is 49.4. The maximum absolute atomic E-state index is 13.4. The van der Waals surface area contributed by atoms with Gasteiger partial charge in [0, 0.05) is 7.05 Å². The zero-order valence-electron chi connectivity index (χ0n) is 54.1. The van der Waals surface area contributed by atoms with Crippen molar-refractivity contribution >= 4 is 53.9 Å². The summed E-state index contributed by atoms with van der Waals surface area (Å²) in [5, 5.41) is 39.6. The Labute approximate surface area is 496 Å². The van der Waals surface area contributed by atoms with Crippen LogP contribution in [-0.2, 0) is 52.5 Å². The van der Waals surface area contributed by atoms with Gasteiger partial charge in [0.15, 0.2) is 22.4 Å². The van der Waals surface area contributed by atoms with Crippen LogP contribution in [0.25, 0.3) is 0 Å². The summed E-state index contributed by atoms with van der Waals surface area (Å²) in [4.78, 5) is 99.8. The van der Waals surface area contributed by atoms with Gasteiger partial charge in [0.05, 0.1) is 6.07 Å². The number of nitriles is 1. The number of aliphatic carboxylic acids is 3. The number of likely N-dealkylation sites (N-methyl/N-ethyl adjacent to an activating group) is 2. The van der Waals surface area contributed by atoms with Gasteiger partial charge >= 0.3 is 48.1 Å². The van der Waals surface area contributed by atoms with E-state index in [1.54, 1.807) is 110 Å². The van der Waals surface area contributed by atoms with Crippen molar-refractivity contribution in [2.24, 2.45) is 11.5 Å². The third-order valence-corrected chi connectivity index (χ3v) is 8.69. The minimum absolute atomic E-state index is 0.412. The summed E-state index contributed by atoms with van der Waals surface area (Å²) < 4.78 is 110. The van der Waals surface area contributed by atoms with E-state index in [-0.39, 0.29) is 0 Å². The Kier molecular flexibility index (Phi) is 45.4. The Morgan fingerprint density at radius 1 is 0.482 bits per heavy atom. The largest absolute Gasteiger partial charge is 0.480 e. The molecule has 0 aromatic heterocycles. The van der Waals surface area contributed by atoms with Crippen LogP contribution >= 0.6 is 0 Å². The van der Waals surface area contributed by atoms with E-state index in [1.807, 2.05) is 5.32 Å². The first-order valence-electron chi connectivity index (χ1n) is 25.3. The van der Waals surface area contributed by atoms with Crippen molar-refractivity contribution in [1.82, 2.24) is 20.9 Å². The summed E-state index contributed by atoms with van der Waals surface area (Å²) in [6, 6.07) is 1.59. The molecule has 24 nitrogen and oxygen atoms in total. The van der Waals surface area contributed by atoms with E-state index in [4.69, 9.17) is 55.7 Å². The molecule has 6 atom stereocenters. The number of nitrogens with two attached hydrogens (primary N) is 2. The summed E-state index contributed by atoms with van der Waals surface area (Å²) >= 11 is 0. The molecule has 3 amide bonds. The molecule has 85 heavy (non-hydrogen) atoms. The Morgan fingerprint density at radius 3 is 0.941 bits per heavy atom. The predicted octanol–water partition coefficient (Wildman–Crippen LogP) is 8.15. The van der Waals surface area contributed by atoms with Gasteiger partial charge in [0.25, 0.3) is 0 Å². The van der Waals surface area contributed by atoms with Gasteiger partial charge in [-0.2, -0.15) is 5.26 Å². The lowest BCUT2D eigenvalue weighted by Crippen LogP contribution is -2.57. The van der Waals surface area contributed by atoms with Crippen LogP contribution < -0.4 is 27.4 Å². The highest BCUT2D eigenvalue weighted by Crippen LogP contribution is 2.23. The molecule has 0 radical (unpaired) electrons. The fourth-order valence-corrected chi connectivity index (χ4v) is 3.25. The first-order chi connectivity index (χ1) is 37.6. The summed E-state index contributed by atoms with van der Waals surface area (Å²) in [6.45, 7) is 32.7. The molecule has 0 aliphatic heterocycles. The van der Waals surface area contributed by atoms with Gasteiger partial charge in [-0.3, -0.25) is 19.3 Å². The van der Waals surface area contributed by atoms with Crippen LogP contribution in [0.15, 0.2) is 13.2 Å². The first-order valence-corrected chi connectivity index (χ1v) is 25.3. The van der Waals surface area contributed by atoms with Gasteiger partial charge in [-0.15, -0.1) is 13.2 Å². The average Bonchev–Trinajstić information content (AvgIpc) is 3.34. The molecule has 0 bridgehead atoms. The van der Waals surface area contributed by atoms with Crippen molar-refractivity contribution in [3.05, 3.63) is 13.2 Å². The molecule has 6 unspecified atom stereocenters. The Balaban J connectivity index is -0.000000141. The predicted molar refractivity (Wildman–Crippen MR) is 305 cm³/mol. The molecule has 0 heterocycles. The monoisotopic (exact) mass is 1250 g/mol. The second-order valence-electron chi connectivity index (χ2n) is 24.3. The number of halogens is 7. The van der Waals surface area contributed by atoms with Crippen LogP contribution in [0.4, 0.5) is 45.1 Å². The van der Waals surface area contributed by atoms with Crippen LogP contribution in [0.5, 0.6) is 0 Å². The number of carbonyl (C=O) groups excluding carboxylic acids is 6. The van der Waals surface area contributed by atoms with Crippen molar-refractivity contribution < 1.29 is 113 Å². The molecule has 0 fully saturated rings. The highest BCUT2D eigenvalue weighted by molar-refractivity contribution is 5.87. The van der Waals surface area contributed by atoms with E-state index in [1.165, 1.54) is 48.7 Å². The van der Waals surface area contributed by atoms with E-state index in [9.17, 15) is 73.9 Å². The van der Waals surface area contributed by atoms with E-state index in [0.29, 0.717) is 0 Å². The molecule has 502 valence electrons. The normalized spacial score (nSPS) is 15.1. The SMILES string of the molecule is C=C.CC(=O)CF.CC(C)(C)OC(=O)NC(C)(CF)C(=O)O.CC(C)(C)OC(=O)NC(C)(CF)C(=O)OC(C)(C)C.CC(N)(C#N)CF.CC(N)(CF)C(=O)O.CN(C(=O)OC(C)(C)C)C(C)(CF)C(=O)OC(C)(C)C.CNC(C)(CF)C(=O)O. The minimum atomic E-state index is -1.94. The number of nitrogens with one attached hydrogen (secondary N) is 3. The average molecular weight is 1250 g/mol. The number of esters is 2. The molecule has 0 aliphatic rings. The number of hydrogen-bond acceptors (Lipinski definition) is 18. The first kappa shape index (κ1) is 94.8. The van der Waals surface area contributed by atoms with E-state index < -0.39 is 162 Å². The summed E-state index contributed by atoms with van der Waals surface area (Å²) in [5.74, 6) is -6.00. The minimum Gasteiger partial charge on any atom is -0.480 e. The van der Waals surface area contributed by atoms with Gasteiger partial charge in [0.1, 0.15) is 91.3 Å². The van der Waals surface area contributed by atoms with E-state index >= 15 is 0 Å². The van der Waals surface area contributed by atoms with Crippen molar-refractivity contribution in [1.29, 1.82) is 5.26 Å². The number of rotatable bonds is 16. The second kappa shape index (κ2) is 40.7. The molecular formula is C54H100F7N7O17. The number of ketones is 1.